The average molecular weight is 477 g/mol. The van der Waals surface area contributed by atoms with Crippen molar-refractivity contribution in [3.8, 4) is 0 Å². The summed E-state index contributed by atoms with van der Waals surface area (Å²) >= 11 is 0. The van der Waals surface area contributed by atoms with Crippen LogP contribution in [0.25, 0.3) is 0 Å². The van der Waals surface area contributed by atoms with E-state index in [-0.39, 0.29) is 11.8 Å². The minimum absolute atomic E-state index is 0.0278. The fraction of sp³-hybridized carbons (Fsp3) is 0.552. The summed E-state index contributed by atoms with van der Waals surface area (Å²) in [4.78, 5) is 35.4. The summed E-state index contributed by atoms with van der Waals surface area (Å²) in [6, 6.07) is 14.0. The molecule has 188 valence electrons. The molecule has 35 heavy (non-hydrogen) atoms. The van der Waals surface area contributed by atoms with Gasteiger partial charge in [-0.15, -0.1) is 0 Å². The van der Waals surface area contributed by atoms with Crippen LogP contribution in [-0.4, -0.2) is 64.4 Å². The number of piperazine rings is 1. The monoisotopic (exact) mass is 476 g/mol. The molecule has 1 aromatic heterocycles. The number of piperidine rings is 1. The minimum atomic E-state index is -0.690. The van der Waals surface area contributed by atoms with Crippen LogP contribution in [0.2, 0.25) is 0 Å². The number of carbonyl (C=O) groups is 2. The van der Waals surface area contributed by atoms with Gasteiger partial charge in [0.2, 0.25) is 11.8 Å². The number of aryl methyl sites for hydroxylation is 1. The molecule has 0 unspecified atom stereocenters. The van der Waals surface area contributed by atoms with Gasteiger partial charge in [-0.1, -0.05) is 56.2 Å². The van der Waals surface area contributed by atoms with Gasteiger partial charge in [-0.2, -0.15) is 0 Å². The summed E-state index contributed by atoms with van der Waals surface area (Å²) in [7, 11) is 0. The van der Waals surface area contributed by atoms with E-state index in [4.69, 9.17) is 0 Å². The zero-order valence-corrected chi connectivity index (χ0v) is 21.1. The summed E-state index contributed by atoms with van der Waals surface area (Å²) < 4.78 is 0. The summed E-state index contributed by atoms with van der Waals surface area (Å²) in [5.74, 6) is 0.0853. The molecule has 2 amide bonds. The lowest BCUT2D eigenvalue weighted by Gasteiger charge is -2.51. The number of amides is 2. The smallest absolute Gasteiger partial charge is 0.246 e. The SMILES string of the molecule is CCCN1C(=O)[C@@H](Cc2cccnc2)NC(=O)C12CCN(CCCCCCc1ccccc1)CC2. The predicted molar refractivity (Wildman–Crippen MR) is 139 cm³/mol. The van der Waals surface area contributed by atoms with Gasteiger partial charge < -0.3 is 15.1 Å². The van der Waals surface area contributed by atoms with E-state index in [1.54, 1.807) is 12.4 Å². The van der Waals surface area contributed by atoms with Crippen molar-refractivity contribution in [3.63, 3.8) is 0 Å². The van der Waals surface area contributed by atoms with Crippen LogP contribution >= 0.6 is 0 Å². The third-order valence-electron chi connectivity index (χ3n) is 7.63. The Hall–Kier alpha value is -2.73. The Kier molecular flexibility index (Phi) is 8.91. The lowest BCUT2D eigenvalue weighted by atomic mass is 9.81. The fourth-order valence-corrected chi connectivity index (χ4v) is 5.62. The van der Waals surface area contributed by atoms with Crippen LogP contribution < -0.4 is 5.32 Å². The number of aromatic nitrogens is 1. The summed E-state index contributed by atoms with van der Waals surface area (Å²) in [5.41, 5.74) is 1.70. The van der Waals surface area contributed by atoms with Gasteiger partial charge in [0.1, 0.15) is 11.6 Å². The maximum atomic E-state index is 13.5. The topological polar surface area (TPSA) is 65.5 Å². The Balaban J connectivity index is 1.25. The Bertz CT molecular complexity index is 942. The molecular weight excluding hydrogens is 436 g/mol. The van der Waals surface area contributed by atoms with Crippen molar-refractivity contribution in [1.82, 2.24) is 20.1 Å². The van der Waals surface area contributed by atoms with Crippen LogP contribution in [0.15, 0.2) is 54.9 Å². The van der Waals surface area contributed by atoms with Crippen LogP contribution in [-0.2, 0) is 22.4 Å². The second-order valence-corrected chi connectivity index (χ2v) is 10.1. The van der Waals surface area contributed by atoms with E-state index in [0.717, 1.165) is 50.9 Å². The molecule has 0 radical (unpaired) electrons. The van der Waals surface area contributed by atoms with Gasteiger partial charge in [0.25, 0.3) is 0 Å². The molecule has 4 rings (SSSR count). The number of pyridine rings is 1. The van der Waals surface area contributed by atoms with Crippen LogP contribution in [0.5, 0.6) is 0 Å². The molecule has 0 bridgehead atoms. The molecule has 1 spiro atoms. The highest BCUT2D eigenvalue weighted by atomic mass is 16.2. The number of carbonyl (C=O) groups excluding carboxylic acids is 2. The van der Waals surface area contributed by atoms with E-state index in [1.807, 2.05) is 17.0 Å². The largest absolute Gasteiger partial charge is 0.342 e. The second kappa shape index (κ2) is 12.3. The average Bonchev–Trinajstić information content (AvgIpc) is 2.89. The van der Waals surface area contributed by atoms with Crippen molar-refractivity contribution < 1.29 is 9.59 Å². The zero-order valence-electron chi connectivity index (χ0n) is 21.1. The molecule has 6 heteroatoms. The quantitative estimate of drug-likeness (QED) is 0.498. The van der Waals surface area contributed by atoms with Gasteiger partial charge in [-0.05, 0) is 62.3 Å². The van der Waals surface area contributed by atoms with Gasteiger partial charge in [0.05, 0.1) is 0 Å². The number of hydrogen-bond donors (Lipinski definition) is 1. The molecule has 1 aromatic carbocycles. The summed E-state index contributed by atoms with van der Waals surface area (Å²) in [6.45, 7) is 5.54. The van der Waals surface area contributed by atoms with Gasteiger partial charge in [-0.25, -0.2) is 0 Å². The van der Waals surface area contributed by atoms with E-state index in [1.165, 1.54) is 31.2 Å². The Morgan fingerprint density at radius 3 is 2.40 bits per heavy atom. The molecule has 1 atom stereocenters. The molecule has 3 heterocycles. The van der Waals surface area contributed by atoms with Crippen LogP contribution in [0.4, 0.5) is 0 Å². The number of likely N-dealkylation sites (tertiary alicyclic amines) is 1. The van der Waals surface area contributed by atoms with E-state index in [9.17, 15) is 9.59 Å². The Labute approximate surface area is 210 Å². The van der Waals surface area contributed by atoms with Crippen molar-refractivity contribution in [2.24, 2.45) is 0 Å². The highest BCUT2D eigenvalue weighted by molar-refractivity contribution is 6.00. The molecule has 6 nitrogen and oxygen atoms in total. The first kappa shape index (κ1) is 25.4. The number of nitrogens with zero attached hydrogens (tertiary/aromatic N) is 3. The molecule has 1 N–H and O–H groups in total. The number of benzene rings is 1. The molecular formula is C29H40N4O2. The van der Waals surface area contributed by atoms with Gasteiger partial charge in [-0.3, -0.25) is 14.6 Å². The maximum absolute atomic E-state index is 13.5. The van der Waals surface area contributed by atoms with Crippen molar-refractivity contribution in [3.05, 3.63) is 66.0 Å². The number of nitrogens with one attached hydrogen (secondary N) is 1. The van der Waals surface area contributed by atoms with Crippen molar-refractivity contribution in [1.29, 1.82) is 0 Å². The first-order valence-electron chi connectivity index (χ1n) is 13.4. The molecule has 2 aliphatic rings. The highest BCUT2D eigenvalue weighted by Crippen LogP contribution is 2.33. The van der Waals surface area contributed by atoms with E-state index in [0.29, 0.717) is 13.0 Å². The van der Waals surface area contributed by atoms with Gasteiger partial charge >= 0.3 is 0 Å². The molecule has 0 saturated carbocycles. The Morgan fingerprint density at radius 2 is 1.69 bits per heavy atom. The molecule has 2 aliphatic heterocycles. The molecule has 2 fully saturated rings. The lowest BCUT2D eigenvalue weighted by molar-refractivity contribution is -0.161. The fourth-order valence-electron chi connectivity index (χ4n) is 5.62. The number of hydrogen-bond acceptors (Lipinski definition) is 4. The highest BCUT2D eigenvalue weighted by Gasteiger charge is 2.53. The van der Waals surface area contributed by atoms with Gasteiger partial charge in [0, 0.05) is 38.4 Å². The molecule has 2 aromatic rings. The number of unbranched alkanes of at least 4 members (excludes halogenated alkanes) is 3. The lowest BCUT2D eigenvalue weighted by Crippen LogP contribution is -2.73. The van der Waals surface area contributed by atoms with Crippen molar-refractivity contribution in [2.75, 3.05) is 26.2 Å². The summed E-state index contributed by atoms with van der Waals surface area (Å²) in [5, 5.41) is 3.08. The normalized spacial score (nSPS) is 20.3. The van der Waals surface area contributed by atoms with Crippen molar-refractivity contribution in [2.45, 2.75) is 76.3 Å². The first-order valence-corrected chi connectivity index (χ1v) is 13.4. The third-order valence-corrected chi connectivity index (χ3v) is 7.63. The zero-order chi connectivity index (χ0) is 24.5. The van der Waals surface area contributed by atoms with Crippen LogP contribution in [0, 0.1) is 0 Å². The second-order valence-electron chi connectivity index (χ2n) is 10.1. The van der Waals surface area contributed by atoms with E-state index >= 15 is 0 Å². The number of rotatable bonds is 11. The molecule has 0 aliphatic carbocycles. The minimum Gasteiger partial charge on any atom is -0.342 e. The standard InChI is InChI=1S/C29H40N4O2/c1-2-18-33-27(34)26(22-25-14-10-17-30-23-25)31-28(35)29(33)15-20-32(21-16-29)19-9-4-3-6-11-24-12-7-5-8-13-24/h5,7-8,10,12-14,17,23,26H,2-4,6,9,11,15-16,18-22H2,1H3,(H,31,35)/t26-/m1/s1. The van der Waals surface area contributed by atoms with E-state index in [2.05, 4.69) is 52.5 Å². The predicted octanol–water partition coefficient (Wildman–Crippen LogP) is 4.00. The third kappa shape index (κ3) is 6.29. The maximum Gasteiger partial charge on any atom is 0.246 e. The van der Waals surface area contributed by atoms with Gasteiger partial charge in [0.15, 0.2) is 0 Å². The van der Waals surface area contributed by atoms with Crippen LogP contribution in [0.3, 0.4) is 0 Å². The molecule has 2 saturated heterocycles. The first-order chi connectivity index (χ1) is 17.1. The Morgan fingerprint density at radius 1 is 0.943 bits per heavy atom. The van der Waals surface area contributed by atoms with E-state index < -0.39 is 11.6 Å². The van der Waals surface area contributed by atoms with Crippen molar-refractivity contribution >= 4 is 11.8 Å². The summed E-state index contributed by atoms with van der Waals surface area (Å²) in [6.07, 6.45) is 12.4. The van der Waals surface area contributed by atoms with Crippen LogP contribution in [0.1, 0.15) is 63.0 Å².